The number of hydrogen-bond acceptors (Lipinski definition) is 5. The second-order valence-electron chi connectivity index (χ2n) is 11.3. The molecule has 39 heavy (non-hydrogen) atoms. The van der Waals surface area contributed by atoms with Crippen molar-refractivity contribution in [3.05, 3.63) is 61.2 Å². The molecule has 1 aromatic carbocycles. The molecule has 0 saturated carbocycles. The van der Waals surface area contributed by atoms with E-state index in [1.54, 1.807) is 40.8 Å². The van der Waals surface area contributed by atoms with Crippen LogP contribution in [0.15, 0.2) is 55.6 Å². The molecule has 3 aliphatic rings. The van der Waals surface area contributed by atoms with Crippen LogP contribution in [0.5, 0.6) is 0 Å². The van der Waals surface area contributed by atoms with Gasteiger partial charge >= 0.3 is 0 Å². The zero-order valence-corrected chi connectivity index (χ0v) is 24.5. The van der Waals surface area contributed by atoms with Crippen LogP contribution in [-0.4, -0.2) is 86.4 Å². The lowest BCUT2D eigenvalue weighted by Gasteiger charge is -2.43. The molecule has 212 valence electrons. The fourth-order valence-corrected chi connectivity index (χ4v) is 9.68. The molecule has 4 rings (SSSR count). The van der Waals surface area contributed by atoms with Gasteiger partial charge in [0.2, 0.25) is 17.7 Å². The lowest BCUT2D eigenvalue weighted by atomic mass is 9.65. The molecule has 3 fully saturated rings. The molecule has 3 heterocycles. The molecule has 8 atom stereocenters. The van der Waals surface area contributed by atoms with Crippen LogP contribution in [-0.2, 0) is 14.4 Å². The smallest absolute Gasteiger partial charge is 0.247 e. The summed E-state index contributed by atoms with van der Waals surface area (Å²) in [6.07, 6.45) is 5.94. The summed E-state index contributed by atoms with van der Waals surface area (Å²) in [5, 5.41) is 10.7. The van der Waals surface area contributed by atoms with Gasteiger partial charge in [0.05, 0.1) is 29.2 Å². The van der Waals surface area contributed by atoms with E-state index in [2.05, 4.69) is 27.0 Å². The molecule has 1 aromatic rings. The summed E-state index contributed by atoms with van der Waals surface area (Å²) in [6, 6.07) is 7.90. The molecule has 3 aliphatic heterocycles. The third kappa shape index (κ3) is 4.73. The standard InChI is InChI=1S/C31H43N3O4S/c1-7-13-21(5)33(17-9-3)30(38)27-31-20(4)18-24(39-31)25(28(36)32(6)16-8-2)26(31)29(37)34(27)23(19-35)22-14-11-10-12-15-22/h8-12,14-15,20-21,23-27,35H,2-3,7,13,16-19H2,1,4-6H3/t20?,21?,23-,24+,25-,26+,27?,31?/m1/s1. The summed E-state index contributed by atoms with van der Waals surface area (Å²) in [5.41, 5.74) is 0.776. The van der Waals surface area contributed by atoms with Crippen LogP contribution in [0.3, 0.4) is 0 Å². The third-order valence-electron chi connectivity index (χ3n) is 9.02. The van der Waals surface area contributed by atoms with Crippen molar-refractivity contribution in [3.8, 4) is 0 Å². The van der Waals surface area contributed by atoms with E-state index in [1.165, 1.54) is 0 Å². The largest absolute Gasteiger partial charge is 0.394 e. The Balaban J connectivity index is 1.87. The molecule has 0 aromatic heterocycles. The van der Waals surface area contributed by atoms with Crippen molar-refractivity contribution in [2.45, 2.75) is 68.2 Å². The predicted octanol–water partition coefficient (Wildman–Crippen LogP) is 3.90. The minimum atomic E-state index is -0.792. The van der Waals surface area contributed by atoms with E-state index in [1.807, 2.05) is 42.2 Å². The Morgan fingerprint density at radius 1 is 1.21 bits per heavy atom. The summed E-state index contributed by atoms with van der Waals surface area (Å²) in [5.74, 6) is -1.49. The monoisotopic (exact) mass is 553 g/mol. The summed E-state index contributed by atoms with van der Waals surface area (Å²) < 4.78 is -0.748. The maximum atomic E-state index is 14.7. The second kappa shape index (κ2) is 11.9. The van der Waals surface area contributed by atoms with Crippen LogP contribution in [0, 0.1) is 17.8 Å². The Bertz CT molecular complexity index is 1100. The first-order chi connectivity index (χ1) is 18.7. The van der Waals surface area contributed by atoms with Crippen molar-refractivity contribution < 1.29 is 19.5 Å². The van der Waals surface area contributed by atoms with Gasteiger partial charge in [0, 0.05) is 31.4 Å². The summed E-state index contributed by atoms with van der Waals surface area (Å²) in [4.78, 5) is 48.2. The Kier molecular flexibility index (Phi) is 8.96. The Labute approximate surface area is 237 Å². The molecular formula is C31H43N3O4S. The molecule has 3 amide bonds. The van der Waals surface area contributed by atoms with Crippen molar-refractivity contribution in [3.63, 3.8) is 0 Å². The first-order valence-electron chi connectivity index (χ1n) is 14.1. The number of carbonyl (C=O) groups is 3. The fraction of sp³-hybridized carbons (Fsp3) is 0.581. The van der Waals surface area contributed by atoms with E-state index in [0.717, 1.165) is 24.8 Å². The maximum Gasteiger partial charge on any atom is 0.247 e. The Hall–Kier alpha value is -2.58. The van der Waals surface area contributed by atoms with Gasteiger partial charge in [-0.1, -0.05) is 62.8 Å². The number of amides is 3. The number of fused-ring (bicyclic) bond motifs is 1. The van der Waals surface area contributed by atoms with Gasteiger partial charge in [0.25, 0.3) is 0 Å². The number of rotatable bonds is 12. The molecule has 2 bridgehead atoms. The lowest BCUT2D eigenvalue weighted by Crippen LogP contribution is -2.59. The zero-order valence-electron chi connectivity index (χ0n) is 23.7. The number of likely N-dealkylation sites (N-methyl/N-ethyl adjacent to an activating group) is 1. The summed E-state index contributed by atoms with van der Waals surface area (Å²) in [6.45, 7) is 14.4. The number of hydrogen-bond donors (Lipinski definition) is 1. The SMILES string of the molecule is C=CCN(C)C(=O)[C@@H]1[C@@H]2CC(C)C3(S2)C(C(=O)N(CC=C)C(C)CCC)N([C@H](CO)c2ccccc2)C(=O)[C@H]13. The second-order valence-corrected chi connectivity index (χ2v) is 12.9. The van der Waals surface area contributed by atoms with Gasteiger partial charge in [0.1, 0.15) is 6.04 Å². The average molecular weight is 554 g/mol. The number of carbonyl (C=O) groups excluding carboxylic acids is 3. The Morgan fingerprint density at radius 3 is 2.46 bits per heavy atom. The number of likely N-dealkylation sites (tertiary alicyclic amines) is 1. The number of benzene rings is 1. The molecule has 0 aliphatic carbocycles. The highest BCUT2D eigenvalue weighted by molar-refractivity contribution is 8.02. The van der Waals surface area contributed by atoms with Gasteiger partial charge in [0.15, 0.2) is 0 Å². The zero-order chi connectivity index (χ0) is 28.5. The highest BCUT2D eigenvalue weighted by Gasteiger charge is 2.77. The van der Waals surface area contributed by atoms with E-state index >= 15 is 0 Å². The quantitative estimate of drug-likeness (QED) is 0.397. The molecule has 3 saturated heterocycles. The fourth-order valence-electron chi connectivity index (χ4n) is 7.28. The van der Waals surface area contributed by atoms with Crippen LogP contribution in [0.1, 0.15) is 51.6 Å². The topological polar surface area (TPSA) is 81.2 Å². The van der Waals surface area contributed by atoms with E-state index in [9.17, 15) is 19.5 Å². The highest BCUT2D eigenvalue weighted by atomic mass is 32.2. The predicted molar refractivity (Wildman–Crippen MR) is 156 cm³/mol. The molecule has 1 N–H and O–H groups in total. The van der Waals surface area contributed by atoms with E-state index < -0.39 is 28.7 Å². The van der Waals surface area contributed by atoms with Crippen LogP contribution < -0.4 is 0 Å². The maximum absolute atomic E-state index is 14.7. The van der Waals surface area contributed by atoms with Crippen molar-refractivity contribution in [1.82, 2.24) is 14.7 Å². The molecule has 0 radical (unpaired) electrons. The summed E-state index contributed by atoms with van der Waals surface area (Å²) in [7, 11) is 1.75. The molecule has 4 unspecified atom stereocenters. The van der Waals surface area contributed by atoms with E-state index in [4.69, 9.17) is 0 Å². The minimum absolute atomic E-state index is 0.0311. The van der Waals surface area contributed by atoms with Gasteiger partial charge in [-0.3, -0.25) is 14.4 Å². The van der Waals surface area contributed by atoms with Gasteiger partial charge in [-0.05, 0) is 31.2 Å². The van der Waals surface area contributed by atoms with Crippen LogP contribution >= 0.6 is 11.8 Å². The van der Waals surface area contributed by atoms with Crippen molar-refractivity contribution in [2.24, 2.45) is 17.8 Å². The van der Waals surface area contributed by atoms with Gasteiger partial charge in [-0.15, -0.1) is 24.9 Å². The van der Waals surface area contributed by atoms with Crippen LogP contribution in [0.4, 0.5) is 0 Å². The number of aliphatic hydroxyl groups excluding tert-OH is 1. The minimum Gasteiger partial charge on any atom is -0.394 e. The van der Waals surface area contributed by atoms with Crippen molar-refractivity contribution >= 4 is 29.5 Å². The first-order valence-corrected chi connectivity index (χ1v) is 15.0. The molecule has 8 heteroatoms. The van der Waals surface area contributed by atoms with Gasteiger partial charge in [-0.2, -0.15) is 0 Å². The van der Waals surface area contributed by atoms with Crippen LogP contribution in [0.2, 0.25) is 0 Å². The molecule has 1 spiro atoms. The number of nitrogens with zero attached hydrogens (tertiary/aromatic N) is 3. The normalized spacial score (nSPS) is 30.5. The first kappa shape index (κ1) is 29.4. The third-order valence-corrected chi connectivity index (χ3v) is 11.1. The van der Waals surface area contributed by atoms with E-state index in [-0.39, 0.29) is 41.5 Å². The van der Waals surface area contributed by atoms with Crippen molar-refractivity contribution in [2.75, 3.05) is 26.7 Å². The molecule has 7 nitrogen and oxygen atoms in total. The van der Waals surface area contributed by atoms with E-state index in [0.29, 0.717) is 13.1 Å². The number of aliphatic hydroxyl groups is 1. The number of thioether (sulfide) groups is 1. The molecular weight excluding hydrogens is 510 g/mol. The Morgan fingerprint density at radius 2 is 1.87 bits per heavy atom. The average Bonchev–Trinajstić information content (AvgIpc) is 3.52. The van der Waals surface area contributed by atoms with Crippen LogP contribution in [0.25, 0.3) is 0 Å². The van der Waals surface area contributed by atoms with Crippen molar-refractivity contribution in [1.29, 1.82) is 0 Å². The highest BCUT2D eigenvalue weighted by Crippen LogP contribution is 2.69. The lowest BCUT2D eigenvalue weighted by molar-refractivity contribution is -0.147. The van der Waals surface area contributed by atoms with Gasteiger partial charge in [-0.25, -0.2) is 0 Å². The van der Waals surface area contributed by atoms with Gasteiger partial charge < -0.3 is 19.8 Å². The summed E-state index contributed by atoms with van der Waals surface area (Å²) >= 11 is 1.67.